The van der Waals surface area contributed by atoms with E-state index in [4.69, 9.17) is 4.42 Å². The lowest BCUT2D eigenvalue weighted by atomic mass is 10.0. The maximum Gasteiger partial charge on any atom is 0.228 e. The Morgan fingerprint density at radius 2 is 1.95 bits per heavy atom. The Morgan fingerprint density at radius 1 is 1.14 bits per heavy atom. The highest BCUT2D eigenvalue weighted by molar-refractivity contribution is 9.10. The number of para-hydroxylation sites is 1. The Kier molecular flexibility index (Phi) is 3.93. The molecule has 2 nitrogen and oxygen atoms in total. The van der Waals surface area contributed by atoms with Gasteiger partial charge in [-0.2, -0.15) is 0 Å². The number of rotatable bonds is 4. The number of ketones is 1. The summed E-state index contributed by atoms with van der Waals surface area (Å²) in [6.45, 7) is 2.13. The van der Waals surface area contributed by atoms with Gasteiger partial charge in [0, 0.05) is 10.9 Å². The summed E-state index contributed by atoms with van der Waals surface area (Å²) in [4.78, 5) is 12.6. The molecule has 21 heavy (non-hydrogen) atoms. The Hall–Kier alpha value is -1.87. The summed E-state index contributed by atoms with van der Waals surface area (Å²) in [7, 11) is 0. The van der Waals surface area contributed by atoms with Gasteiger partial charge in [0.2, 0.25) is 5.78 Å². The molecule has 0 spiro atoms. The van der Waals surface area contributed by atoms with Gasteiger partial charge >= 0.3 is 0 Å². The number of furan rings is 1. The SMILES string of the molecule is CCCc1cccc(C(=O)c2cc3cccc(Br)c3o2)c1. The van der Waals surface area contributed by atoms with Crippen molar-refractivity contribution in [3.05, 3.63) is 69.9 Å². The first-order chi connectivity index (χ1) is 10.2. The van der Waals surface area contributed by atoms with Crippen LogP contribution in [0.4, 0.5) is 0 Å². The van der Waals surface area contributed by atoms with Crippen LogP contribution in [0, 0.1) is 0 Å². The predicted octanol–water partition coefficient (Wildman–Crippen LogP) is 5.38. The minimum absolute atomic E-state index is 0.0731. The van der Waals surface area contributed by atoms with Gasteiger partial charge in [-0.3, -0.25) is 4.79 Å². The molecule has 3 aromatic rings. The van der Waals surface area contributed by atoms with Crippen LogP contribution in [-0.2, 0) is 6.42 Å². The van der Waals surface area contributed by atoms with Crippen molar-refractivity contribution < 1.29 is 9.21 Å². The summed E-state index contributed by atoms with van der Waals surface area (Å²) in [6, 6.07) is 15.3. The average Bonchev–Trinajstić information content (AvgIpc) is 2.93. The van der Waals surface area contributed by atoms with Gasteiger partial charge in [0.25, 0.3) is 0 Å². The Labute approximate surface area is 131 Å². The standard InChI is InChI=1S/C18H15BrO2/c1-2-5-12-6-3-7-13(10-12)17(20)16-11-14-8-4-9-15(19)18(14)21-16/h3-4,6-11H,2,5H2,1H3. The number of hydrogen-bond donors (Lipinski definition) is 0. The average molecular weight is 343 g/mol. The van der Waals surface area contributed by atoms with E-state index in [-0.39, 0.29) is 5.78 Å². The molecule has 0 aliphatic carbocycles. The summed E-state index contributed by atoms with van der Waals surface area (Å²) >= 11 is 3.44. The quantitative estimate of drug-likeness (QED) is 0.596. The van der Waals surface area contributed by atoms with Crippen LogP contribution in [0.3, 0.4) is 0 Å². The van der Waals surface area contributed by atoms with E-state index in [0.717, 1.165) is 22.7 Å². The number of hydrogen-bond acceptors (Lipinski definition) is 2. The fraction of sp³-hybridized carbons (Fsp3) is 0.167. The molecule has 0 N–H and O–H groups in total. The van der Waals surface area contributed by atoms with E-state index in [1.54, 1.807) is 6.07 Å². The molecule has 0 aliphatic heterocycles. The Bertz CT molecular complexity index is 802. The largest absolute Gasteiger partial charge is 0.451 e. The lowest BCUT2D eigenvalue weighted by molar-refractivity contribution is 0.101. The third kappa shape index (κ3) is 2.79. The molecule has 0 saturated heterocycles. The van der Waals surface area contributed by atoms with Gasteiger partial charge in [-0.25, -0.2) is 0 Å². The molecule has 3 heteroatoms. The van der Waals surface area contributed by atoms with Gasteiger partial charge in [0.1, 0.15) is 5.58 Å². The molecule has 0 fully saturated rings. The molecule has 0 atom stereocenters. The highest BCUT2D eigenvalue weighted by Crippen LogP contribution is 2.28. The lowest BCUT2D eigenvalue weighted by Gasteiger charge is -2.02. The van der Waals surface area contributed by atoms with Gasteiger partial charge < -0.3 is 4.42 Å². The third-order valence-electron chi connectivity index (χ3n) is 3.45. The van der Waals surface area contributed by atoms with Crippen LogP contribution in [0.25, 0.3) is 11.0 Å². The first-order valence-corrected chi connectivity index (χ1v) is 7.80. The van der Waals surface area contributed by atoms with Crippen molar-refractivity contribution in [3.8, 4) is 0 Å². The molecule has 0 saturated carbocycles. The molecule has 1 heterocycles. The molecule has 0 unspecified atom stereocenters. The van der Waals surface area contributed by atoms with E-state index in [1.807, 2.05) is 36.4 Å². The van der Waals surface area contributed by atoms with E-state index < -0.39 is 0 Å². The van der Waals surface area contributed by atoms with Crippen LogP contribution in [0.15, 0.2) is 57.4 Å². The molecule has 0 amide bonds. The Morgan fingerprint density at radius 3 is 2.71 bits per heavy atom. The number of halogens is 1. The second-order valence-corrected chi connectivity index (χ2v) is 5.90. The summed E-state index contributed by atoms with van der Waals surface area (Å²) in [6.07, 6.45) is 2.04. The smallest absolute Gasteiger partial charge is 0.228 e. The second-order valence-electron chi connectivity index (χ2n) is 5.05. The molecular formula is C18H15BrO2. The van der Waals surface area contributed by atoms with Crippen molar-refractivity contribution in [3.63, 3.8) is 0 Å². The highest BCUT2D eigenvalue weighted by Gasteiger charge is 2.15. The molecule has 0 radical (unpaired) electrons. The highest BCUT2D eigenvalue weighted by atomic mass is 79.9. The van der Waals surface area contributed by atoms with Crippen molar-refractivity contribution >= 4 is 32.7 Å². The van der Waals surface area contributed by atoms with Crippen LogP contribution in [0.5, 0.6) is 0 Å². The zero-order valence-corrected chi connectivity index (χ0v) is 13.3. The van der Waals surface area contributed by atoms with Crippen molar-refractivity contribution in [2.75, 3.05) is 0 Å². The summed E-state index contributed by atoms with van der Waals surface area (Å²) < 4.78 is 6.58. The first-order valence-electron chi connectivity index (χ1n) is 7.00. The van der Waals surface area contributed by atoms with E-state index in [2.05, 4.69) is 28.9 Å². The van der Waals surface area contributed by atoms with Crippen LogP contribution >= 0.6 is 15.9 Å². The topological polar surface area (TPSA) is 30.2 Å². The molecule has 0 bridgehead atoms. The van der Waals surface area contributed by atoms with Gasteiger partial charge in [-0.1, -0.05) is 43.7 Å². The zero-order valence-electron chi connectivity index (χ0n) is 11.7. The summed E-state index contributed by atoms with van der Waals surface area (Å²) in [5.41, 5.74) is 2.57. The molecular weight excluding hydrogens is 328 g/mol. The fourth-order valence-electron chi connectivity index (χ4n) is 2.44. The zero-order chi connectivity index (χ0) is 14.8. The monoisotopic (exact) mass is 342 g/mol. The maximum atomic E-state index is 12.6. The minimum atomic E-state index is -0.0731. The number of carbonyl (C=O) groups excluding carboxylic acids is 1. The van der Waals surface area contributed by atoms with Crippen LogP contribution < -0.4 is 0 Å². The maximum absolute atomic E-state index is 12.6. The number of fused-ring (bicyclic) bond motifs is 1. The van der Waals surface area contributed by atoms with Crippen LogP contribution in [0.2, 0.25) is 0 Å². The first kappa shape index (κ1) is 14.1. The molecule has 2 aromatic carbocycles. The van der Waals surface area contributed by atoms with Crippen LogP contribution in [0.1, 0.15) is 35.0 Å². The normalized spacial score (nSPS) is 11.0. The van der Waals surface area contributed by atoms with Crippen molar-refractivity contribution in [1.82, 2.24) is 0 Å². The van der Waals surface area contributed by atoms with E-state index in [0.29, 0.717) is 16.9 Å². The summed E-state index contributed by atoms with van der Waals surface area (Å²) in [5.74, 6) is 0.307. The number of benzene rings is 2. The van der Waals surface area contributed by atoms with E-state index in [9.17, 15) is 4.79 Å². The number of aryl methyl sites for hydroxylation is 1. The fourth-order valence-corrected chi connectivity index (χ4v) is 2.90. The minimum Gasteiger partial charge on any atom is -0.451 e. The molecule has 1 aromatic heterocycles. The lowest BCUT2D eigenvalue weighted by Crippen LogP contribution is -2.00. The molecule has 0 aliphatic rings. The second kappa shape index (κ2) is 5.86. The molecule has 106 valence electrons. The van der Waals surface area contributed by atoms with Gasteiger partial charge in [0.15, 0.2) is 5.76 Å². The van der Waals surface area contributed by atoms with Crippen LogP contribution in [-0.4, -0.2) is 5.78 Å². The van der Waals surface area contributed by atoms with E-state index >= 15 is 0 Å². The van der Waals surface area contributed by atoms with Crippen molar-refractivity contribution in [2.45, 2.75) is 19.8 Å². The van der Waals surface area contributed by atoms with Gasteiger partial charge in [-0.05, 0) is 46.1 Å². The molecule has 3 rings (SSSR count). The van der Waals surface area contributed by atoms with Crippen molar-refractivity contribution in [2.24, 2.45) is 0 Å². The summed E-state index contributed by atoms with van der Waals surface area (Å²) in [5, 5.41) is 0.928. The van der Waals surface area contributed by atoms with Gasteiger partial charge in [0.05, 0.1) is 4.47 Å². The van der Waals surface area contributed by atoms with Gasteiger partial charge in [-0.15, -0.1) is 0 Å². The number of carbonyl (C=O) groups is 1. The Balaban J connectivity index is 2.00. The third-order valence-corrected chi connectivity index (χ3v) is 4.07. The van der Waals surface area contributed by atoms with Crippen molar-refractivity contribution in [1.29, 1.82) is 0 Å². The predicted molar refractivity (Wildman–Crippen MR) is 87.8 cm³/mol. The van der Waals surface area contributed by atoms with E-state index in [1.165, 1.54) is 5.56 Å².